The minimum absolute atomic E-state index is 0.133. The van der Waals surface area contributed by atoms with Gasteiger partial charge in [0.05, 0.1) is 6.42 Å². The summed E-state index contributed by atoms with van der Waals surface area (Å²) in [5.74, 6) is 1.34. The molecule has 1 aliphatic rings. The van der Waals surface area contributed by atoms with Crippen LogP contribution in [-0.4, -0.2) is 56.6 Å². The summed E-state index contributed by atoms with van der Waals surface area (Å²) in [4.78, 5) is 26.7. The predicted molar refractivity (Wildman–Crippen MR) is 129 cm³/mol. The molecule has 33 heavy (non-hydrogen) atoms. The van der Waals surface area contributed by atoms with Crippen LogP contribution in [0, 0.1) is 20.8 Å². The van der Waals surface area contributed by atoms with E-state index in [2.05, 4.69) is 51.2 Å². The van der Waals surface area contributed by atoms with Gasteiger partial charge in [-0.25, -0.2) is 9.50 Å². The maximum Gasteiger partial charge on any atom is 0.253 e. The number of nitrogens with zero attached hydrogens (tertiary/aromatic N) is 6. The van der Waals surface area contributed by atoms with E-state index < -0.39 is 0 Å². The summed E-state index contributed by atoms with van der Waals surface area (Å²) in [6.45, 7) is 9.13. The van der Waals surface area contributed by atoms with Crippen LogP contribution in [0.4, 0.5) is 5.69 Å². The fraction of sp³-hybridized carbons (Fsp3) is 0.308. The molecule has 0 N–H and O–H groups in total. The van der Waals surface area contributed by atoms with Gasteiger partial charge >= 0.3 is 0 Å². The van der Waals surface area contributed by atoms with E-state index in [0.29, 0.717) is 18.0 Å². The van der Waals surface area contributed by atoms with Crippen molar-refractivity contribution in [2.45, 2.75) is 27.2 Å². The van der Waals surface area contributed by atoms with Crippen LogP contribution < -0.4 is 4.90 Å². The maximum atomic E-state index is 13.1. The first-order valence-electron chi connectivity index (χ1n) is 11.4. The van der Waals surface area contributed by atoms with Gasteiger partial charge in [0.2, 0.25) is 5.91 Å². The van der Waals surface area contributed by atoms with Crippen molar-refractivity contribution in [1.82, 2.24) is 24.5 Å². The Bertz CT molecular complexity index is 1290. The third-order valence-corrected chi connectivity index (χ3v) is 6.44. The topological polar surface area (TPSA) is 66.6 Å². The summed E-state index contributed by atoms with van der Waals surface area (Å²) in [6, 6.07) is 18.5. The van der Waals surface area contributed by atoms with Gasteiger partial charge in [-0.05, 0) is 32.9 Å². The van der Waals surface area contributed by atoms with Crippen LogP contribution in [-0.2, 0) is 11.2 Å². The molecule has 168 valence electrons. The van der Waals surface area contributed by atoms with Gasteiger partial charge in [-0.2, -0.15) is 4.98 Å². The number of fused-ring (bicyclic) bond motifs is 1. The van der Waals surface area contributed by atoms with Gasteiger partial charge in [-0.3, -0.25) is 4.79 Å². The average Bonchev–Trinajstić information content (AvgIpc) is 3.27. The molecule has 4 aromatic rings. The molecule has 1 aliphatic heterocycles. The number of carbonyl (C=O) groups excluding carboxylic acids is 1. The third-order valence-electron chi connectivity index (χ3n) is 6.44. The zero-order chi connectivity index (χ0) is 22.9. The van der Waals surface area contributed by atoms with Crippen molar-refractivity contribution in [3.8, 4) is 11.4 Å². The van der Waals surface area contributed by atoms with E-state index in [1.165, 1.54) is 11.3 Å². The Morgan fingerprint density at radius 2 is 1.58 bits per heavy atom. The van der Waals surface area contributed by atoms with Crippen LogP contribution in [0.5, 0.6) is 0 Å². The quantitative estimate of drug-likeness (QED) is 0.485. The summed E-state index contributed by atoms with van der Waals surface area (Å²) in [5.41, 5.74) is 6.04. The van der Waals surface area contributed by atoms with Gasteiger partial charge in [0, 0.05) is 54.4 Å². The number of rotatable bonds is 4. The molecule has 0 spiro atoms. The fourth-order valence-corrected chi connectivity index (χ4v) is 4.41. The third kappa shape index (κ3) is 4.18. The Hall–Kier alpha value is -3.74. The van der Waals surface area contributed by atoms with E-state index >= 15 is 0 Å². The first kappa shape index (κ1) is 21.1. The van der Waals surface area contributed by atoms with Crippen molar-refractivity contribution >= 4 is 17.4 Å². The molecule has 0 aliphatic carbocycles. The highest BCUT2D eigenvalue weighted by Gasteiger charge is 2.23. The van der Waals surface area contributed by atoms with E-state index in [1.807, 2.05) is 49.1 Å². The van der Waals surface area contributed by atoms with Crippen LogP contribution in [0.2, 0.25) is 0 Å². The minimum Gasteiger partial charge on any atom is -0.368 e. The van der Waals surface area contributed by atoms with E-state index in [0.717, 1.165) is 48.7 Å². The Morgan fingerprint density at radius 1 is 0.879 bits per heavy atom. The molecule has 0 atom stereocenters. The van der Waals surface area contributed by atoms with Crippen LogP contribution in [0.1, 0.15) is 22.5 Å². The Balaban J connectivity index is 1.33. The van der Waals surface area contributed by atoms with Crippen molar-refractivity contribution in [2.24, 2.45) is 0 Å². The molecule has 5 rings (SSSR count). The number of hydrogen-bond acceptors (Lipinski definition) is 5. The van der Waals surface area contributed by atoms with E-state index in [1.54, 1.807) is 4.52 Å². The van der Waals surface area contributed by atoms with Gasteiger partial charge in [-0.15, -0.1) is 5.10 Å². The van der Waals surface area contributed by atoms with E-state index in [9.17, 15) is 4.79 Å². The number of benzene rings is 2. The highest BCUT2D eigenvalue weighted by atomic mass is 16.2. The summed E-state index contributed by atoms with van der Waals surface area (Å²) >= 11 is 0. The lowest BCUT2D eigenvalue weighted by Crippen LogP contribution is -2.49. The molecular weight excluding hydrogens is 412 g/mol. The molecule has 1 amide bonds. The van der Waals surface area contributed by atoms with Gasteiger partial charge in [-0.1, -0.05) is 48.0 Å². The van der Waals surface area contributed by atoms with Gasteiger partial charge in [0.15, 0.2) is 5.82 Å². The summed E-state index contributed by atoms with van der Waals surface area (Å²) in [6.07, 6.45) is 0.325. The molecule has 0 radical (unpaired) electrons. The van der Waals surface area contributed by atoms with Crippen LogP contribution in [0.3, 0.4) is 0 Å². The SMILES string of the molecule is Cc1ccc(-c2nc3nc(C)c(CC(=O)N4CCN(c5ccccc5)CC4)c(C)n3n2)cc1. The molecule has 0 saturated carbocycles. The number of para-hydroxylation sites is 1. The van der Waals surface area contributed by atoms with Crippen molar-refractivity contribution in [3.05, 3.63) is 77.1 Å². The minimum atomic E-state index is 0.133. The molecule has 2 aromatic heterocycles. The molecule has 0 unspecified atom stereocenters. The monoisotopic (exact) mass is 440 g/mol. The number of piperazine rings is 1. The molecule has 7 heteroatoms. The largest absolute Gasteiger partial charge is 0.368 e. The van der Waals surface area contributed by atoms with Crippen LogP contribution in [0.15, 0.2) is 54.6 Å². The van der Waals surface area contributed by atoms with Crippen LogP contribution >= 0.6 is 0 Å². The molecule has 7 nitrogen and oxygen atoms in total. The first-order valence-corrected chi connectivity index (χ1v) is 11.4. The number of amides is 1. The molecule has 0 bridgehead atoms. The summed E-state index contributed by atoms with van der Waals surface area (Å²) in [5, 5.41) is 4.69. The summed E-state index contributed by atoms with van der Waals surface area (Å²) < 4.78 is 1.76. The van der Waals surface area contributed by atoms with Crippen molar-refractivity contribution < 1.29 is 4.79 Å². The zero-order valence-electron chi connectivity index (χ0n) is 19.3. The lowest BCUT2D eigenvalue weighted by Gasteiger charge is -2.36. The molecular formula is C26H28N6O. The highest BCUT2D eigenvalue weighted by Crippen LogP contribution is 2.21. The van der Waals surface area contributed by atoms with Gasteiger partial charge in [0.1, 0.15) is 0 Å². The van der Waals surface area contributed by atoms with Gasteiger partial charge in [0.25, 0.3) is 5.78 Å². The average molecular weight is 441 g/mol. The van der Waals surface area contributed by atoms with Crippen molar-refractivity contribution in [3.63, 3.8) is 0 Å². The molecule has 1 fully saturated rings. The molecule has 1 saturated heterocycles. The zero-order valence-corrected chi connectivity index (χ0v) is 19.3. The fourth-order valence-electron chi connectivity index (χ4n) is 4.41. The number of aryl methyl sites for hydroxylation is 3. The van der Waals surface area contributed by atoms with E-state index in [-0.39, 0.29) is 5.91 Å². The molecule has 3 heterocycles. The number of aromatic nitrogens is 4. The van der Waals surface area contributed by atoms with Crippen LogP contribution in [0.25, 0.3) is 17.2 Å². The number of hydrogen-bond donors (Lipinski definition) is 0. The number of anilines is 1. The van der Waals surface area contributed by atoms with Crippen molar-refractivity contribution in [1.29, 1.82) is 0 Å². The first-order chi connectivity index (χ1) is 16.0. The number of carbonyl (C=O) groups is 1. The second kappa shape index (κ2) is 8.65. The van der Waals surface area contributed by atoms with E-state index in [4.69, 9.17) is 0 Å². The Morgan fingerprint density at radius 3 is 2.27 bits per heavy atom. The highest BCUT2D eigenvalue weighted by molar-refractivity contribution is 5.79. The Labute approximate surface area is 193 Å². The van der Waals surface area contributed by atoms with Crippen molar-refractivity contribution in [2.75, 3.05) is 31.1 Å². The summed E-state index contributed by atoms with van der Waals surface area (Å²) in [7, 11) is 0. The van der Waals surface area contributed by atoms with Gasteiger partial charge < -0.3 is 9.80 Å². The lowest BCUT2D eigenvalue weighted by atomic mass is 10.1. The lowest BCUT2D eigenvalue weighted by molar-refractivity contribution is -0.130. The molecule has 2 aromatic carbocycles. The normalized spacial score (nSPS) is 14.2. The standard InChI is InChI=1S/C26H28N6O/c1-18-9-11-21(12-10-18)25-28-26-27-19(2)23(20(3)32(26)29-25)17-24(33)31-15-13-30(14-16-31)22-7-5-4-6-8-22/h4-12H,13-17H2,1-3H3. The maximum absolute atomic E-state index is 13.1. The predicted octanol–water partition coefficient (Wildman–Crippen LogP) is 3.61. The second-order valence-electron chi connectivity index (χ2n) is 8.65. The smallest absolute Gasteiger partial charge is 0.253 e. The Kier molecular flexibility index (Phi) is 5.54. The second-order valence-corrected chi connectivity index (χ2v) is 8.65.